The molecule has 1 atom stereocenters. The number of carbonyl (C=O) groups excluding carboxylic acids is 2. The Kier molecular flexibility index (Phi) is 4.14. The first kappa shape index (κ1) is 14.9. The second kappa shape index (κ2) is 6.39. The topological polar surface area (TPSA) is 90.7 Å². The molecule has 2 aromatic carbocycles. The van der Waals surface area contributed by atoms with Gasteiger partial charge in [0.15, 0.2) is 11.5 Å². The van der Waals surface area contributed by atoms with Crippen LogP contribution in [0.25, 0.3) is 0 Å². The zero-order chi connectivity index (χ0) is 16.2. The van der Waals surface area contributed by atoms with Crippen molar-refractivity contribution in [2.45, 2.75) is 6.10 Å². The van der Waals surface area contributed by atoms with Crippen LogP contribution in [-0.4, -0.2) is 31.1 Å². The number of hydrogen-bond donors (Lipinski definition) is 2. The van der Waals surface area contributed by atoms with Crippen molar-refractivity contribution in [2.24, 2.45) is 5.73 Å². The molecule has 0 radical (unpaired) electrons. The predicted octanol–water partition coefficient (Wildman–Crippen LogP) is 1.36. The predicted molar refractivity (Wildman–Crippen MR) is 83.6 cm³/mol. The number of primary amides is 1. The SMILES string of the molecule is NC(=O)c1ccc(C(=O)NCC2COc3ccccc3O2)cc1. The van der Waals surface area contributed by atoms with E-state index in [1.165, 1.54) is 12.1 Å². The summed E-state index contributed by atoms with van der Waals surface area (Å²) in [5, 5.41) is 2.79. The highest BCUT2D eigenvalue weighted by Crippen LogP contribution is 2.30. The van der Waals surface area contributed by atoms with Crippen LogP contribution in [-0.2, 0) is 0 Å². The summed E-state index contributed by atoms with van der Waals surface area (Å²) >= 11 is 0. The summed E-state index contributed by atoms with van der Waals surface area (Å²) in [7, 11) is 0. The molecule has 0 fully saturated rings. The molecule has 3 N–H and O–H groups in total. The smallest absolute Gasteiger partial charge is 0.251 e. The second-order valence-electron chi connectivity index (χ2n) is 5.15. The number of benzene rings is 2. The number of nitrogens with two attached hydrogens (primary N) is 1. The molecule has 118 valence electrons. The van der Waals surface area contributed by atoms with Gasteiger partial charge in [0.05, 0.1) is 6.54 Å². The number of fused-ring (bicyclic) bond motifs is 1. The van der Waals surface area contributed by atoms with Crippen molar-refractivity contribution < 1.29 is 19.1 Å². The van der Waals surface area contributed by atoms with E-state index in [4.69, 9.17) is 15.2 Å². The average Bonchev–Trinajstić information content (AvgIpc) is 2.59. The highest BCUT2D eigenvalue weighted by atomic mass is 16.6. The number of para-hydroxylation sites is 2. The molecule has 6 heteroatoms. The Morgan fingerprint density at radius 2 is 1.70 bits per heavy atom. The molecule has 0 spiro atoms. The van der Waals surface area contributed by atoms with Crippen molar-refractivity contribution in [3.63, 3.8) is 0 Å². The van der Waals surface area contributed by atoms with Gasteiger partial charge < -0.3 is 20.5 Å². The van der Waals surface area contributed by atoms with E-state index in [9.17, 15) is 9.59 Å². The van der Waals surface area contributed by atoms with Crippen molar-refractivity contribution in [2.75, 3.05) is 13.2 Å². The lowest BCUT2D eigenvalue weighted by atomic mass is 10.1. The minimum atomic E-state index is -0.525. The maximum Gasteiger partial charge on any atom is 0.251 e. The molecule has 1 aliphatic rings. The average molecular weight is 312 g/mol. The van der Waals surface area contributed by atoms with Gasteiger partial charge in [-0.15, -0.1) is 0 Å². The van der Waals surface area contributed by atoms with Crippen LogP contribution in [0.4, 0.5) is 0 Å². The molecule has 3 rings (SSSR count). The first-order valence-corrected chi connectivity index (χ1v) is 7.20. The summed E-state index contributed by atoms with van der Waals surface area (Å²) in [5.41, 5.74) is 5.98. The van der Waals surface area contributed by atoms with Crippen LogP contribution < -0.4 is 20.5 Å². The molecule has 1 heterocycles. The van der Waals surface area contributed by atoms with Crippen molar-refractivity contribution in [3.05, 3.63) is 59.7 Å². The molecule has 0 saturated heterocycles. The second-order valence-corrected chi connectivity index (χ2v) is 5.15. The zero-order valence-electron chi connectivity index (χ0n) is 12.3. The van der Waals surface area contributed by atoms with Crippen LogP contribution >= 0.6 is 0 Å². The van der Waals surface area contributed by atoms with E-state index in [0.29, 0.717) is 35.8 Å². The molecule has 6 nitrogen and oxygen atoms in total. The van der Waals surface area contributed by atoms with Gasteiger partial charge in [0.2, 0.25) is 5.91 Å². The van der Waals surface area contributed by atoms with E-state index in [1.54, 1.807) is 12.1 Å². The summed E-state index contributed by atoms with van der Waals surface area (Å²) < 4.78 is 11.4. The Labute approximate surface area is 133 Å². The fourth-order valence-electron chi connectivity index (χ4n) is 2.26. The monoisotopic (exact) mass is 312 g/mol. The summed E-state index contributed by atoms with van der Waals surface area (Å²) in [6.45, 7) is 0.697. The molecular formula is C17H16N2O4. The molecular weight excluding hydrogens is 296 g/mol. The van der Waals surface area contributed by atoms with Gasteiger partial charge in [0.1, 0.15) is 12.7 Å². The number of rotatable bonds is 4. The van der Waals surface area contributed by atoms with E-state index in [1.807, 2.05) is 24.3 Å². The van der Waals surface area contributed by atoms with E-state index < -0.39 is 5.91 Å². The minimum Gasteiger partial charge on any atom is -0.486 e. The quantitative estimate of drug-likeness (QED) is 0.891. The number of ether oxygens (including phenoxy) is 2. The molecule has 0 bridgehead atoms. The van der Waals surface area contributed by atoms with Gasteiger partial charge in [-0.3, -0.25) is 9.59 Å². The van der Waals surface area contributed by atoms with Crippen LogP contribution in [0.3, 0.4) is 0 Å². The van der Waals surface area contributed by atoms with Crippen LogP contribution in [0.5, 0.6) is 11.5 Å². The maximum absolute atomic E-state index is 12.1. The maximum atomic E-state index is 12.1. The third kappa shape index (κ3) is 3.42. The normalized spacial score (nSPS) is 15.7. The largest absolute Gasteiger partial charge is 0.486 e. The van der Waals surface area contributed by atoms with Crippen LogP contribution in [0.1, 0.15) is 20.7 Å². The zero-order valence-corrected chi connectivity index (χ0v) is 12.3. The Balaban J connectivity index is 1.56. The Morgan fingerprint density at radius 1 is 1.04 bits per heavy atom. The highest BCUT2D eigenvalue weighted by Gasteiger charge is 2.21. The summed E-state index contributed by atoms with van der Waals surface area (Å²) in [6.07, 6.45) is -0.251. The number of carbonyl (C=O) groups is 2. The summed E-state index contributed by atoms with van der Waals surface area (Å²) in [4.78, 5) is 23.1. The summed E-state index contributed by atoms with van der Waals surface area (Å²) in [6, 6.07) is 13.6. The third-order valence-corrected chi connectivity index (χ3v) is 3.49. The Bertz CT molecular complexity index is 728. The van der Waals surface area contributed by atoms with E-state index in [-0.39, 0.29) is 12.0 Å². The summed E-state index contributed by atoms with van der Waals surface area (Å²) in [5.74, 6) is 0.604. The fourth-order valence-corrected chi connectivity index (χ4v) is 2.26. The number of amides is 2. The Morgan fingerprint density at radius 3 is 2.39 bits per heavy atom. The lowest BCUT2D eigenvalue weighted by Crippen LogP contribution is -2.40. The van der Waals surface area contributed by atoms with Crippen molar-refractivity contribution >= 4 is 11.8 Å². The fraction of sp³-hybridized carbons (Fsp3) is 0.176. The highest BCUT2D eigenvalue weighted by molar-refractivity contribution is 5.97. The molecule has 23 heavy (non-hydrogen) atoms. The first-order valence-electron chi connectivity index (χ1n) is 7.20. The lowest BCUT2D eigenvalue weighted by Gasteiger charge is -2.26. The van der Waals surface area contributed by atoms with E-state index >= 15 is 0 Å². The third-order valence-electron chi connectivity index (χ3n) is 3.49. The Hall–Kier alpha value is -3.02. The molecule has 0 aromatic heterocycles. The van der Waals surface area contributed by atoms with Crippen molar-refractivity contribution in [1.29, 1.82) is 0 Å². The van der Waals surface area contributed by atoms with Gasteiger partial charge in [-0.25, -0.2) is 0 Å². The van der Waals surface area contributed by atoms with Gasteiger partial charge in [-0.2, -0.15) is 0 Å². The standard InChI is InChI=1S/C17H16N2O4/c18-16(20)11-5-7-12(8-6-11)17(21)19-9-13-10-22-14-3-1-2-4-15(14)23-13/h1-8,13H,9-10H2,(H2,18,20)(H,19,21). The molecule has 0 saturated carbocycles. The number of nitrogens with one attached hydrogen (secondary N) is 1. The van der Waals surface area contributed by atoms with E-state index in [2.05, 4.69) is 5.32 Å². The molecule has 1 aliphatic heterocycles. The molecule has 1 unspecified atom stereocenters. The molecule has 2 aromatic rings. The first-order chi connectivity index (χ1) is 11.1. The van der Waals surface area contributed by atoms with E-state index in [0.717, 1.165) is 0 Å². The van der Waals surface area contributed by atoms with Gasteiger partial charge in [-0.05, 0) is 36.4 Å². The van der Waals surface area contributed by atoms with Gasteiger partial charge in [-0.1, -0.05) is 12.1 Å². The molecule has 0 aliphatic carbocycles. The van der Waals surface area contributed by atoms with Crippen molar-refractivity contribution in [3.8, 4) is 11.5 Å². The minimum absolute atomic E-state index is 0.247. The van der Waals surface area contributed by atoms with Crippen LogP contribution in [0.2, 0.25) is 0 Å². The molecule has 2 amide bonds. The lowest BCUT2D eigenvalue weighted by molar-refractivity contribution is 0.0789. The van der Waals surface area contributed by atoms with Gasteiger partial charge >= 0.3 is 0 Å². The van der Waals surface area contributed by atoms with Crippen LogP contribution in [0.15, 0.2) is 48.5 Å². The number of hydrogen-bond acceptors (Lipinski definition) is 4. The van der Waals surface area contributed by atoms with Gasteiger partial charge in [0, 0.05) is 11.1 Å². The van der Waals surface area contributed by atoms with Crippen molar-refractivity contribution in [1.82, 2.24) is 5.32 Å². The van der Waals surface area contributed by atoms with Crippen LogP contribution in [0, 0.1) is 0 Å². The van der Waals surface area contributed by atoms with Gasteiger partial charge in [0.25, 0.3) is 5.91 Å².